The summed E-state index contributed by atoms with van der Waals surface area (Å²) in [6.45, 7) is 2.00. The molecule has 0 atom stereocenters. The normalized spacial score (nSPS) is 15.0. The first-order valence-electron chi connectivity index (χ1n) is 9.03. The van der Waals surface area contributed by atoms with Gasteiger partial charge in [-0.1, -0.05) is 6.07 Å². The summed E-state index contributed by atoms with van der Waals surface area (Å²) in [6.07, 6.45) is 2.48. The number of carbonyl (C=O) groups excluding carboxylic acids is 1. The topological polar surface area (TPSA) is 44.8 Å². The molecule has 1 aliphatic heterocycles. The van der Waals surface area contributed by atoms with E-state index in [1.165, 1.54) is 5.69 Å². The molecule has 0 aromatic heterocycles. The number of piperidine rings is 1. The third-order valence-corrected chi connectivity index (χ3v) is 4.89. The predicted molar refractivity (Wildman–Crippen MR) is 107 cm³/mol. The molecule has 0 saturated carbocycles. The molecule has 1 N–H and O–H groups in total. The smallest absolute Gasteiger partial charge is 0.255 e. The van der Waals surface area contributed by atoms with Crippen LogP contribution in [0.1, 0.15) is 23.2 Å². The van der Waals surface area contributed by atoms with E-state index in [2.05, 4.69) is 22.3 Å². The highest BCUT2D eigenvalue weighted by Crippen LogP contribution is 2.23. The average Bonchev–Trinajstić information content (AvgIpc) is 2.68. The van der Waals surface area contributed by atoms with Gasteiger partial charge in [0.05, 0.1) is 6.10 Å². The van der Waals surface area contributed by atoms with E-state index in [4.69, 9.17) is 4.74 Å². The summed E-state index contributed by atoms with van der Waals surface area (Å²) < 4.78 is 5.43. The summed E-state index contributed by atoms with van der Waals surface area (Å²) in [4.78, 5) is 16.8. The molecule has 26 heavy (non-hydrogen) atoms. The predicted octanol–water partition coefficient (Wildman–Crippen LogP) is 3.62. The van der Waals surface area contributed by atoms with Crippen molar-refractivity contribution in [3.8, 4) is 0 Å². The molecule has 0 bridgehead atoms. The number of rotatable bonds is 5. The van der Waals surface area contributed by atoms with Crippen molar-refractivity contribution in [2.75, 3.05) is 49.4 Å². The summed E-state index contributed by atoms with van der Waals surface area (Å²) in [5.41, 5.74) is 3.65. The van der Waals surface area contributed by atoms with Crippen LogP contribution in [-0.2, 0) is 4.74 Å². The van der Waals surface area contributed by atoms with E-state index in [-0.39, 0.29) is 5.91 Å². The number of methoxy groups -OCH3 is 1. The zero-order chi connectivity index (χ0) is 18.5. The lowest BCUT2D eigenvalue weighted by Crippen LogP contribution is -2.36. The van der Waals surface area contributed by atoms with Gasteiger partial charge < -0.3 is 19.9 Å². The average molecular weight is 353 g/mol. The highest BCUT2D eigenvalue weighted by Gasteiger charge is 2.18. The number of ether oxygens (including phenoxy) is 1. The SMILES string of the molecule is COC1CCN(c2ccc(NC(=O)c3cccc(N(C)C)c3)cc2)CC1. The summed E-state index contributed by atoms with van der Waals surface area (Å²) in [5.74, 6) is -0.0950. The van der Waals surface area contributed by atoms with Crippen LogP contribution in [0.4, 0.5) is 17.1 Å². The molecule has 2 aromatic carbocycles. The van der Waals surface area contributed by atoms with E-state index < -0.39 is 0 Å². The third-order valence-electron chi connectivity index (χ3n) is 4.89. The minimum atomic E-state index is -0.0950. The summed E-state index contributed by atoms with van der Waals surface area (Å²) in [5, 5.41) is 2.97. The maximum absolute atomic E-state index is 12.5. The number of hydrogen-bond acceptors (Lipinski definition) is 4. The number of nitrogens with one attached hydrogen (secondary N) is 1. The van der Waals surface area contributed by atoms with Gasteiger partial charge in [0, 0.05) is 56.9 Å². The minimum Gasteiger partial charge on any atom is -0.381 e. The Bertz CT molecular complexity index is 735. The van der Waals surface area contributed by atoms with Gasteiger partial charge in [-0.2, -0.15) is 0 Å². The number of anilines is 3. The molecule has 1 amide bonds. The molecule has 2 aromatic rings. The Morgan fingerprint density at radius 3 is 2.42 bits per heavy atom. The van der Waals surface area contributed by atoms with E-state index in [9.17, 15) is 4.79 Å². The second-order valence-corrected chi connectivity index (χ2v) is 6.87. The second kappa shape index (κ2) is 8.23. The van der Waals surface area contributed by atoms with Gasteiger partial charge in [0.2, 0.25) is 0 Å². The number of nitrogens with zero attached hydrogens (tertiary/aromatic N) is 2. The summed E-state index contributed by atoms with van der Waals surface area (Å²) in [6, 6.07) is 15.7. The van der Waals surface area contributed by atoms with Gasteiger partial charge in [-0.25, -0.2) is 0 Å². The van der Waals surface area contributed by atoms with Crippen LogP contribution < -0.4 is 15.1 Å². The maximum Gasteiger partial charge on any atom is 0.255 e. The molecular formula is C21H27N3O2. The van der Waals surface area contributed by atoms with Crippen molar-refractivity contribution in [2.45, 2.75) is 18.9 Å². The fourth-order valence-corrected chi connectivity index (χ4v) is 3.23. The van der Waals surface area contributed by atoms with Crippen molar-refractivity contribution >= 4 is 23.0 Å². The van der Waals surface area contributed by atoms with Crippen LogP contribution in [0.3, 0.4) is 0 Å². The minimum absolute atomic E-state index is 0.0950. The number of benzene rings is 2. The van der Waals surface area contributed by atoms with E-state index in [0.29, 0.717) is 11.7 Å². The summed E-state index contributed by atoms with van der Waals surface area (Å²) >= 11 is 0. The monoisotopic (exact) mass is 353 g/mol. The van der Waals surface area contributed by atoms with Gasteiger partial charge in [0.1, 0.15) is 0 Å². The number of hydrogen-bond donors (Lipinski definition) is 1. The first kappa shape index (κ1) is 18.3. The standard InChI is InChI=1S/C21H27N3O2/c1-23(2)19-6-4-5-16(15-19)21(25)22-17-7-9-18(10-8-17)24-13-11-20(26-3)12-14-24/h4-10,15,20H,11-14H2,1-3H3,(H,22,25). The first-order valence-corrected chi connectivity index (χ1v) is 9.03. The zero-order valence-electron chi connectivity index (χ0n) is 15.7. The lowest BCUT2D eigenvalue weighted by atomic mass is 10.1. The van der Waals surface area contributed by atoms with Crippen molar-refractivity contribution in [2.24, 2.45) is 0 Å². The van der Waals surface area contributed by atoms with Crippen molar-refractivity contribution < 1.29 is 9.53 Å². The quantitative estimate of drug-likeness (QED) is 0.892. The molecular weight excluding hydrogens is 326 g/mol. The third kappa shape index (κ3) is 4.35. The second-order valence-electron chi connectivity index (χ2n) is 6.87. The Labute approximate surface area is 155 Å². The molecule has 0 aliphatic carbocycles. The number of carbonyl (C=O) groups is 1. The summed E-state index contributed by atoms with van der Waals surface area (Å²) in [7, 11) is 5.71. The Morgan fingerprint density at radius 2 is 1.81 bits per heavy atom. The highest BCUT2D eigenvalue weighted by atomic mass is 16.5. The Balaban J connectivity index is 1.62. The number of amides is 1. The highest BCUT2D eigenvalue weighted by molar-refractivity contribution is 6.04. The van der Waals surface area contributed by atoms with Crippen LogP contribution in [0, 0.1) is 0 Å². The van der Waals surface area contributed by atoms with Gasteiger partial charge in [-0.05, 0) is 55.3 Å². The van der Waals surface area contributed by atoms with Gasteiger partial charge in [0.15, 0.2) is 0 Å². The van der Waals surface area contributed by atoms with Crippen LogP contribution in [0.15, 0.2) is 48.5 Å². The molecule has 5 heteroatoms. The Hall–Kier alpha value is -2.53. The van der Waals surface area contributed by atoms with Crippen LogP contribution in [0.5, 0.6) is 0 Å². The van der Waals surface area contributed by atoms with Gasteiger partial charge in [-0.15, -0.1) is 0 Å². The van der Waals surface area contributed by atoms with Gasteiger partial charge in [0.25, 0.3) is 5.91 Å². The van der Waals surface area contributed by atoms with Crippen LogP contribution in [0.2, 0.25) is 0 Å². The van der Waals surface area contributed by atoms with E-state index in [1.54, 1.807) is 7.11 Å². The van der Waals surface area contributed by atoms with Crippen molar-refractivity contribution in [1.82, 2.24) is 0 Å². The molecule has 0 unspecified atom stereocenters. The molecule has 0 radical (unpaired) electrons. The van der Waals surface area contributed by atoms with Gasteiger partial charge >= 0.3 is 0 Å². The largest absolute Gasteiger partial charge is 0.381 e. The van der Waals surface area contributed by atoms with E-state index in [0.717, 1.165) is 37.3 Å². The Kier molecular flexibility index (Phi) is 5.78. The molecule has 138 valence electrons. The van der Waals surface area contributed by atoms with Gasteiger partial charge in [-0.3, -0.25) is 4.79 Å². The molecule has 0 spiro atoms. The van der Waals surface area contributed by atoms with E-state index >= 15 is 0 Å². The lowest BCUT2D eigenvalue weighted by Gasteiger charge is -2.33. The van der Waals surface area contributed by atoms with Crippen LogP contribution in [0.25, 0.3) is 0 Å². The molecule has 5 nitrogen and oxygen atoms in total. The van der Waals surface area contributed by atoms with Crippen molar-refractivity contribution in [1.29, 1.82) is 0 Å². The lowest BCUT2D eigenvalue weighted by molar-refractivity contribution is 0.0819. The molecule has 3 rings (SSSR count). The molecule has 1 heterocycles. The Morgan fingerprint density at radius 1 is 1.12 bits per heavy atom. The molecule has 1 aliphatic rings. The first-order chi connectivity index (χ1) is 12.6. The zero-order valence-corrected chi connectivity index (χ0v) is 15.7. The van der Waals surface area contributed by atoms with Crippen molar-refractivity contribution in [3.05, 3.63) is 54.1 Å². The van der Waals surface area contributed by atoms with E-state index in [1.807, 2.05) is 55.4 Å². The fourth-order valence-electron chi connectivity index (χ4n) is 3.23. The van der Waals surface area contributed by atoms with Crippen molar-refractivity contribution in [3.63, 3.8) is 0 Å². The van der Waals surface area contributed by atoms with Crippen LogP contribution in [-0.4, -0.2) is 46.3 Å². The maximum atomic E-state index is 12.5. The fraction of sp³-hybridized carbons (Fsp3) is 0.381. The van der Waals surface area contributed by atoms with Crippen LogP contribution >= 0.6 is 0 Å². The molecule has 1 fully saturated rings. The molecule has 1 saturated heterocycles.